The van der Waals surface area contributed by atoms with Gasteiger partial charge in [-0.15, -0.1) is 0 Å². The number of hydrogen-bond acceptors (Lipinski definition) is 8. The second-order valence-electron chi connectivity index (χ2n) is 10.5. The molecule has 0 aliphatic rings. The third-order valence-electron chi connectivity index (χ3n) is 6.78. The van der Waals surface area contributed by atoms with Gasteiger partial charge >= 0.3 is 12.4 Å². The molecule has 2 N–H and O–H groups in total. The quantitative estimate of drug-likeness (QED) is 0.143. The summed E-state index contributed by atoms with van der Waals surface area (Å²) < 4.78 is 125. The Balaban J connectivity index is 0.000000202. The summed E-state index contributed by atoms with van der Waals surface area (Å²) in [7, 11) is -3.80. The number of alkyl halides is 6. The lowest BCUT2D eigenvalue weighted by Crippen LogP contribution is -2.20. The molecule has 10 nitrogen and oxygen atoms in total. The summed E-state index contributed by atoms with van der Waals surface area (Å²) in [6, 6.07) is 16.7. The number of fused-ring (bicyclic) bond motifs is 2. The van der Waals surface area contributed by atoms with E-state index in [2.05, 4.69) is 29.9 Å². The minimum absolute atomic E-state index is 0.0227. The van der Waals surface area contributed by atoms with Crippen LogP contribution in [0, 0.1) is 13.8 Å². The van der Waals surface area contributed by atoms with Crippen molar-refractivity contribution >= 4 is 43.7 Å². The van der Waals surface area contributed by atoms with Crippen LogP contribution in [-0.2, 0) is 33.1 Å². The smallest absolute Gasteiger partial charge is 0.422 e. The number of ether oxygens (including phenoxy) is 2. The molecule has 0 saturated heterocycles. The van der Waals surface area contributed by atoms with E-state index in [1.165, 1.54) is 25.3 Å². The van der Waals surface area contributed by atoms with Crippen molar-refractivity contribution in [3.8, 4) is 11.5 Å². The van der Waals surface area contributed by atoms with Gasteiger partial charge in [-0.05, 0) is 50.2 Å². The number of nitrogens with one attached hydrogen (secondary N) is 2. The Morgan fingerprint density at radius 3 is 1.60 bits per heavy atom. The van der Waals surface area contributed by atoms with Gasteiger partial charge in [-0.2, -0.15) is 26.3 Å². The number of halogens is 6. The molecule has 18 heteroatoms. The second-order valence-corrected chi connectivity index (χ2v) is 12.9. The fraction of sp³-hybridized carbons (Fsp3) is 0.250. The largest absolute Gasteiger partial charge is 0.484 e. The molecule has 4 heterocycles. The number of rotatable bonds is 10. The molecule has 0 saturated carbocycles. The Labute approximate surface area is 288 Å². The number of benzene rings is 2. The number of hydrogen-bond donors (Lipinski definition) is 2. The number of imidazole rings is 2. The number of H-pyrrole nitrogens is 2. The molecule has 0 fully saturated rings. The fourth-order valence-corrected chi connectivity index (χ4v) is 6.30. The van der Waals surface area contributed by atoms with E-state index in [0.717, 1.165) is 11.7 Å². The van der Waals surface area contributed by atoms with Crippen LogP contribution in [0.5, 0.6) is 11.5 Å². The SMILES string of the molecule is Cc1c(OCC(F)(F)F)ccnc1CS(=O)c1nc2ccccc2[nH]1.[2H]C([2H])(c1nccc(OCC(F)(F)F)c1C)S(=O)c1nc2ccccc2[nH]1. The Hall–Kier alpha value is -4.84. The monoisotopic (exact) mass is 740 g/mol. The normalized spacial score (nSPS) is 14.0. The van der Waals surface area contributed by atoms with Crippen molar-refractivity contribution in [1.29, 1.82) is 0 Å². The third-order valence-corrected chi connectivity index (χ3v) is 8.86. The molecule has 0 aliphatic carbocycles. The van der Waals surface area contributed by atoms with Gasteiger partial charge in [0.25, 0.3) is 0 Å². The molecule has 0 aliphatic heterocycles. The average Bonchev–Trinajstić information content (AvgIpc) is 3.72. The van der Waals surface area contributed by atoms with E-state index < -0.39 is 52.9 Å². The third kappa shape index (κ3) is 9.65. The van der Waals surface area contributed by atoms with Gasteiger partial charge < -0.3 is 19.4 Å². The van der Waals surface area contributed by atoms with Crippen LogP contribution in [0.3, 0.4) is 0 Å². The van der Waals surface area contributed by atoms with Crippen molar-refractivity contribution in [3.05, 3.63) is 95.6 Å². The summed E-state index contributed by atoms with van der Waals surface area (Å²) in [5, 5.41) is 0.202. The van der Waals surface area contributed by atoms with E-state index in [0.29, 0.717) is 33.0 Å². The average molecular weight is 741 g/mol. The van der Waals surface area contributed by atoms with Crippen molar-refractivity contribution in [2.24, 2.45) is 0 Å². The molecule has 4 aromatic heterocycles. The maximum absolute atomic E-state index is 12.8. The first-order valence-electron chi connectivity index (χ1n) is 15.4. The maximum Gasteiger partial charge on any atom is 0.422 e. The van der Waals surface area contributed by atoms with Crippen LogP contribution in [0.1, 0.15) is 25.3 Å². The number of pyridine rings is 2. The van der Waals surface area contributed by atoms with Gasteiger partial charge in [-0.1, -0.05) is 24.3 Å². The summed E-state index contributed by atoms with van der Waals surface area (Å²) in [6.45, 7) is 0.0441. The number of aromatic nitrogens is 6. The lowest BCUT2D eigenvalue weighted by Gasteiger charge is -2.13. The van der Waals surface area contributed by atoms with E-state index >= 15 is 0 Å². The van der Waals surface area contributed by atoms with Crippen LogP contribution in [0.4, 0.5) is 26.3 Å². The summed E-state index contributed by atoms with van der Waals surface area (Å²) in [5.41, 5.74) is 0.643. The van der Waals surface area contributed by atoms with Gasteiger partial charge in [-0.25, -0.2) is 9.97 Å². The van der Waals surface area contributed by atoms with Crippen molar-refractivity contribution in [2.45, 2.75) is 48.0 Å². The van der Waals surface area contributed by atoms with Crippen LogP contribution in [0.2, 0.25) is 0 Å². The van der Waals surface area contributed by atoms with Gasteiger partial charge in [0.1, 0.15) is 11.5 Å². The lowest BCUT2D eigenvalue weighted by atomic mass is 10.2. The van der Waals surface area contributed by atoms with Gasteiger partial charge in [-0.3, -0.25) is 18.4 Å². The van der Waals surface area contributed by atoms with Gasteiger partial charge in [0.15, 0.2) is 23.5 Å². The standard InChI is InChI=1S/2C16H14F3N3O2S/c2*1-10-13(20-7-6-14(10)24-9-16(17,18)19)8-25(23)15-21-11-4-2-3-5-12(11)22-15/h2*2-7H,8-9H2,1H3,(H,21,22)/i8D2;. The molecule has 0 radical (unpaired) electrons. The Morgan fingerprint density at radius 2 is 1.12 bits per heavy atom. The van der Waals surface area contributed by atoms with E-state index in [1.54, 1.807) is 37.3 Å². The molecule has 2 unspecified atom stereocenters. The molecule has 0 amide bonds. The van der Waals surface area contributed by atoms with E-state index in [4.69, 9.17) is 12.2 Å². The Bertz CT molecular complexity index is 2180. The predicted octanol–water partition coefficient (Wildman–Crippen LogP) is 7.03. The highest BCUT2D eigenvalue weighted by molar-refractivity contribution is 7.84. The summed E-state index contributed by atoms with van der Waals surface area (Å²) in [4.78, 5) is 22.1. The second kappa shape index (κ2) is 15.4. The van der Waals surface area contributed by atoms with Crippen LogP contribution >= 0.6 is 0 Å². The highest BCUT2D eigenvalue weighted by Gasteiger charge is 2.30. The summed E-state index contributed by atoms with van der Waals surface area (Å²) in [6.07, 6.45) is -6.51. The molecule has 2 aromatic carbocycles. The van der Waals surface area contributed by atoms with Crippen LogP contribution in [0.15, 0.2) is 83.4 Å². The van der Waals surface area contributed by atoms with E-state index in [-0.39, 0.29) is 33.7 Å². The predicted molar refractivity (Wildman–Crippen MR) is 173 cm³/mol. The number of aromatic amines is 2. The van der Waals surface area contributed by atoms with Gasteiger partial charge in [0.2, 0.25) is 0 Å². The summed E-state index contributed by atoms with van der Waals surface area (Å²) in [5.74, 6) is -0.0822. The zero-order valence-corrected chi connectivity index (χ0v) is 27.7. The van der Waals surface area contributed by atoms with Crippen molar-refractivity contribution in [2.75, 3.05) is 13.2 Å². The van der Waals surface area contributed by atoms with Gasteiger partial charge in [0.05, 0.1) is 66.5 Å². The first-order chi connectivity index (χ1) is 24.4. The van der Waals surface area contributed by atoms with Crippen LogP contribution < -0.4 is 9.47 Å². The highest BCUT2D eigenvalue weighted by atomic mass is 32.2. The van der Waals surface area contributed by atoms with Crippen molar-refractivity contribution < 1.29 is 47.0 Å². The zero-order valence-electron chi connectivity index (χ0n) is 28.1. The first kappa shape index (κ1) is 33.6. The molecule has 50 heavy (non-hydrogen) atoms. The first-order valence-corrected chi connectivity index (χ1v) is 16.9. The Kier molecular flexibility index (Phi) is 10.3. The minimum atomic E-state index is -4.54. The van der Waals surface area contributed by atoms with Crippen molar-refractivity contribution in [1.82, 2.24) is 29.9 Å². The number of nitrogens with zero attached hydrogens (tertiary/aromatic N) is 4. The lowest BCUT2D eigenvalue weighted by molar-refractivity contribution is -0.154. The van der Waals surface area contributed by atoms with E-state index in [9.17, 15) is 34.8 Å². The van der Waals surface area contributed by atoms with Gasteiger partial charge in [0, 0.05) is 26.3 Å². The molecule has 264 valence electrons. The maximum atomic E-state index is 12.8. The molecule has 0 bridgehead atoms. The molecule has 0 spiro atoms. The molecular formula is C32H28F6N6O4S2. The Morgan fingerprint density at radius 1 is 0.680 bits per heavy atom. The van der Waals surface area contributed by atoms with Crippen LogP contribution in [-0.4, -0.2) is 63.9 Å². The zero-order chi connectivity index (χ0) is 37.8. The van der Waals surface area contributed by atoms with E-state index in [1.807, 2.05) is 18.2 Å². The molecule has 6 aromatic rings. The van der Waals surface area contributed by atoms with Crippen molar-refractivity contribution in [3.63, 3.8) is 0 Å². The molecule has 2 atom stereocenters. The number of para-hydroxylation sites is 4. The molecular weight excluding hydrogens is 711 g/mol. The highest BCUT2D eigenvalue weighted by Crippen LogP contribution is 2.26. The topological polar surface area (TPSA) is 136 Å². The summed E-state index contributed by atoms with van der Waals surface area (Å²) >= 11 is 0. The molecule has 6 rings (SSSR count). The van der Waals surface area contributed by atoms with Crippen LogP contribution in [0.25, 0.3) is 22.1 Å². The fourth-order valence-electron chi connectivity index (χ4n) is 4.34. The minimum Gasteiger partial charge on any atom is -0.484 e.